The van der Waals surface area contributed by atoms with Gasteiger partial charge in [-0.25, -0.2) is 5.01 Å². The van der Waals surface area contributed by atoms with Gasteiger partial charge in [0.2, 0.25) is 0 Å². The number of halogens is 1. The number of nitrogens with zero attached hydrogens (tertiary/aromatic N) is 3. The summed E-state index contributed by atoms with van der Waals surface area (Å²) in [6.45, 7) is 2.11. The van der Waals surface area contributed by atoms with Crippen LogP contribution in [-0.4, -0.2) is 46.1 Å². The van der Waals surface area contributed by atoms with Crippen molar-refractivity contribution < 1.29 is 9.21 Å². The second-order valence-corrected chi connectivity index (χ2v) is 9.70. The first kappa shape index (κ1) is 22.8. The number of nitrogens with one attached hydrogen (secondary N) is 1. The zero-order chi connectivity index (χ0) is 24.6. The third kappa shape index (κ3) is 4.14. The number of furan rings is 1. The topological polar surface area (TPSA) is 81.9 Å². The first-order valence-electron chi connectivity index (χ1n) is 12.1. The molecule has 1 amide bonds. The molecule has 36 heavy (non-hydrogen) atoms. The molecule has 2 aliphatic rings. The number of hydrogen-bond acceptors (Lipinski definition) is 5. The number of pyridine rings is 1. The van der Waals surface area contributed by atoms with E-state index >= 15 is 0 Å². The second kappa shape index (κ2) is 9.41. The number of aromatic amines is 1. The Morgan fingerprint density at radius 1 is 1.06 bits per heavy atom. The molecule has 4 aromatic rings. The van der Waals surface area contributed by atoms with Crippen LogP contribution in [0, 0.1) is 0 Å². The lowest BCUT2D eigenvalue weighted by atomic mass is 9.92. The van der Waals surface area contributed by atoms with Gasteiger partial charge in [0.05, 0.1) is 24.1 Å². The summed E-state index contributed by atoms with van der Waals surface area (Å²) in [6, 6.07) is 18.4. The van der Waals surface area contributed by atoms with Gasteiger partial charge >= 0.3 is 0 Å². The standard InChI is InChI=1S/C28H25ClN4O3/c29-19-10-11-21-20(15-19)26(18-7-2-1-3-8-18)27(28(35)30-21)22-16-23(24-9-6-14-36-24)33(31-22)25(34)17-32-12-4-5-13-32/h1-3,6-11,14-15,23H,4-5,12-13,16-17H2,(H,30,35)/t23-/m0/s1. The van der Waals surface area contributed by atoms with Gasteiger partial charge in [0, 0.05) is 27.9 Å². The molecule has 0 saturated carbocycles. The molecular weight excluding hydrogens is 476 g/mol. The molecule has 8 heteroatoms. The zero-order valence-electron chi connectivity index (χ0n) is 19.6. The Kier molecular flexibility index (Phi) is 5.95. The van der Waals surface area contributed by atoms with E-state index in [2.05, 4.69) is 9.88 Å². The van der Waals surface area contributed by atoms with E-state index in [0.29, 0.717) is 40.5 Å². The molecule has 1 fully saturated rings. The largest absolute Gasteiger partial charge is 0.467 e. The minimum atomic E-state index is -0.414. The van der Waals surface area contributed by atoms with Gasteiger partial charge in [-0.15, -0.1) is 0 Å². The smallest absolute Gasteiger partial charge is 0.258 e. The van der Waals surface area contributed by atoms with Crippen LogP contribution < -0.4 is 5.56 Å². The number of rotatable bonds is 5. The van der Waals surface area contributed by atoms with E-state index in [1.54, 1.807) is 18.4 Å². The number of amides is 1. The quantitative estimate of drug-likeness (QED) is 0.407. The van der Waals surface area contributed by atoms with Crippen molar-refractivity contribution in [1.82, 2.24) is 14.9 Å². The lowest BCUT2D eigenvalue weighted by Gasteiger charge is -2.22. The highest BCUT2D eigenvalue weighted by Gasteiger charge is 2.37. The fraction of sp³-hybridized carbons (Fsp3) is 0.250. The van der Waals surface area contributed by atoms with Crippen LogP contribution in [0.4, 0.5) is 0 Å². The molecule has 1 saturated heterocycles. The molecule has 4 heterocycles. The van der Waals surface area contributed by atoms with E-state index < -0.39 is 6.04 Å². The maximum Gasteiger partial charge on any atom is 0.258 e. The third-order valence-electron chi connectivity index (χ3n) is 6.92. The van der Waals surface area contributed by atoms with Crippen LogP contribution in [0.15, 0.2) is 81.2 Å². The Morgan fingerprint density at radius 2 is 1.86 bits per heavy atom. The van der Waals surface area contributed by atoms with Gasteiger partial charge in [0.1, 0.15) is 11.8 Å². The number of carbonyl (C=O) groups is 1. The van der Waals surface area contributed by atoms with Crippen LogP contribution >= 0.6 is 11.6 Å². The molecule has 0 unspecified atom stereocenters. The minimum Gasteiger partial charge on any atom is -0.467 e. The monoisotopic (exact) mass is 500 g/mol. The normalized spacial score (nSPS) is 18.2. The number of H-pyrrole nitrogens is 1. The molecule has 0 spiro atoms. The predicted molar refractivity (Wildman–Crippen MR) is 140 cm³/mol. The number of hydrazone groups is 1. The van der Waals surface area contributed by atoms with Gasteiger partial charge in [-0.2, -0.15) is 5.10 Å². The van der Waals surface area contributed by atoms with Crippen LogP contribution in [-0.2, 0) is 4.79 Å². The number of carbonyl (C=O) groups excluding carboxylic acids is 1. The lowest BCUT2D eigenvalue weighted by molar-refractivity contribution is -0.134. The third-order valence-corrected chi connectivity index (χ3v) is 7.16. The molecule has 6 rings (SSSR count). The van der Waals surface area contributed by atoms with Crippen LogP contribution in [0.5, 0.6) is 0 Å². The maximum absolute atomic E-state index is 13.5. The van der Waals surface area contributed by atoms with Gasteiger partial charge < -0.3 is 9.40 Å². The molecule has 2 aromatic carbocycles. The summed E-state index contributed by atoms with van der Waals surface area (Å²) in [5.41, 5.74) is 3.06. The highest BCUT2D eigenvalue weighted by molar-refractivity contribution is 6.31. The van der Waals surface area contributed by atoms with Crippen molar-refractivity contribution in [3.63, 3.8) is 0 Å². The highest BCUT2D eigenvalue weighted by Crippen LogP contribution is 2.37. The Labute approximate surface area is 213 Å². The first-order valence-corrected chi connectivity index (χ1v) is 12.5. The molecule has 0 aliphatic carbocycles. The van der Waals surface area contributed by atoms with Crippen molar-refractivity contribution in [2.24, 2.45) is 5.10 Å². The van der Waals surface area contributed by atoms with Crippen molar-refractivity contribution >= 4 is 34.1 Å². The summed E-state index contributed by atoms with van der Waals surface area (Å²) in [7, 11) is 0. The Hall–Kier alpha value is -3.68. The molecule has 0 bridgehead atoms. The van der Waals surface area contributed by atoms with E-state index in [1.807, 2.05) is 48.5 Å². The summed E-state index contributed by atoms with van der Waals surface area (Å²) in [5.74, 6) is 0.542. The zero-order valence-corrected chi connectivity index (χ0v) is 20.4. The van der Waals surface area contributed by atoms with Crippen molar-refractivity contribution in [2.75, 3.05) is 19.6 Å². The SMILES string of the molecule is O=C(CN1CCCC1)N1N=C(c2c(-c3ccccc3)c3cc(Cl)ccc3[nH]c2=O)C[C@H]1c1ccco1. The summed E-state index contributed by atoms with van der Waals surface area (Å²) in [4.78, 5) is 32.1. The van der Waals surface area contributed by atoms with E-state index in [0.717, 1.165) is 42.4 Å². The van der Waals surface area contributed by atoms with Crippen molar-refractivity contribution in [3.8, 4) is 11.1 Å². The van der Waals surface area contributed by atoms with E-state index in [9.17, 15) is 9.59 Å². The van der Waals surface area contributed by atoms with Crippen molar-refractivity contribution in [3.05, 3.63) is 93.6 Å². The minimum absolute atomic E-state index is 0.102. The average Bonchev–Trinajstić information content (AvgIpc) is 3.66. The Balaban J connectivity index is 1.51. The number of fused-ring (bicyclic) bond motifs is 1. The molecule has 2 aromatic heterocycles. The molecule has 2 aliphatic heterocycles. The van der Waals surface area contributed by atoms with E-state index in [-0.39, 0.29) is 11.5 Å². The first-order chi connectivity index (χ1) is 17.6. The van der Waals surface area contributed by atoms with Crippen molar-refractivity contribution in [1.29, 1.82) is 0 Å². The molecular formula is C28H25ClN4O3. The predicted octanol–water partition coefficient (Wildman–Crippen LogP) is 5.22. The lowest BCUT2D eigenvalue weighted by Crippen LogP contribution is -2.36. The number of likely N-dealkylation sites (tertiary alicyclic amines) is 1. The maximum atomic E-state index is 13.5. The summed E-state index contributed by atoms with van der Waals surface area (Å²) >= 11 is 6.37. The van der Waals surface area contributed by atoms with Crippen molar-refractivity contribution in [2.45, 2.75) is 25.3 Å². The number of benzene rings is 2. The summed E-state index contributed by atoms with van der Waals surface area (Å²) in [5, 5.41) is 7.67. The highest BCUT2D eigenvalue weighted by atomic mass is 35.5. The Morgan fingerprint density at radius 3 is 2.61 bits per heavy atom. The van der Waals surface area contributed by atoms with E-state index in [1.165, 1.54) is 5.01 Å². The molecule has 1 N–H and O–H groups in total. The molecule has 182 valence electrons. The van der Waals surface area contributed by atoms with Gasteiger partial charge in [0.25, 0.3) is 11.5 Å². The van der Waals surface area contributed by atoms with Crippen LogP contribution in [0.3, 0.4) is 0 Å². The summed E-state index contributed by atoms with van der Waals surface area (Å²) < 4.78 is 5.70. The van der Waals surface area contributed by atoms with Crippen LogP contribution in [0.25, 0.3) is 22.0 Å². The second-order valence-electron chi connectivity index (χ2n) is 9.26. The van der Waals surface area contributed by atoms with Gasteiger partial charge in [-0.1, -0.05) is 41.9 Å². The van der Waals surface area contributed by atoms with Gasteiger partial charge in [-0.3, -0.25) is 14.5 Å². The molecule has 0 radical (unpaired) electrons. The summed E-state index contributed by atoms with van der Waals surface area (Å²) in [6.07, 6.45) is 4.16. The van der Waals surface area contributed by atoms with Crippen LogP contribution in [0.2, 0.25) is 5.02 Å². The van der Waals surface area contributed by atoms with Gasteiger partial charge in [0.15, 0.2) is 0 Å². The average molecular weight is 501 g/mol. The number of aromatic nitrogens is 1. The fourth-order valence-electron chi connectivity index (χ4n) is 5.24. The van der Waals surface area contributed by atoms with Crippen LogP contribution in [0.1, 0.15) is 36.6 Å². The fourth-order valence-corrected chi connectivity index (χ4v) is 5.42. The molecule has 1 atom stereocenters. The van der Waals surface area contributed by atoms with Gasteiger partial charge in [-0.05, 0) is 61.8 Å². The number of hydrogen-bond donors (Lipinski definition) is 1. The van der Waals surface area contributed by atoms with E-state index in [4.69, 9.17) is 21.1 Å². The molecule has 7 nitrogen and oxygen atoms in total. The Bertz CT molecular complexity index is 1510.